The number of unbranched alkanes of at least 4 members (excludes halogenated alkanes) is 3. The van der Waals surface area contributed by atoms with Crippen LogP contribution < -0.4 is 0 Å². The summed E-state index contributed by atoms with van der Waals surface area (Å²) in [5.41, 5.74) is -0.463. The molecule has 1 N–H and O–H groups in total. The summed E-state index contributed by atoms with van der Waals surface area (Å²) in [6, 6.07) is 0. The molecule has 3 atom stereocenters. The second kappa shape index (κ2) is 6.85. The van der Waals surface area contributed by atoms with Gasteiger partial charge < -0.3 is 9.84 Å². The van der Waals surface area contributed by atoms with Crippen molar-refractivity contribution < 1.29 is 19.6 Å². The van der Waals surface area contributed by atoms with Gasteiger partial charge in [0, 0.05) is 32.5 Å². The molecule has 1 fully saturated rings. The van der Waals surface area contributed by atoms with Gasteiger partial charge in [-0.05, 0) is 13.3 Å². The fourth-order valence-electron chi connectivity index (χ4n) is 2.37. The first kappa shape index (κ1) is 15.9. The van der Waals surface area contributed by atoms with Gasteiger partial charge in [0.05, 0.1) is 0 Å². The Morgan fingerprint density at radius 3 is 2.56 bits per heavy atom. The van der Waals surface area contributed by atoms with Gasteiger partial charge in [0.1, 0.15) is 5.60 Å². The third-order valence-electron chi connectivity index (χ3n) is 4.10. The summed E-state index contributed by atoms with van der Waals surface area (Å²) in [6.45, 7) is 6.23. The summed E-state index contributed by atoms with van der Waals surface area (Å²) < 4.78 is 5.54. The monoisotopic (exact) mass is 260 g/mol. The lowest BCUT2D eigenvalue weighted by Gasteiger charge is -2.28. The van der Waals surface area contributed by atoms with E-state index in [1.807, 2.05) is 13.8 Å². The highest BCUT2D eigenvalue weighted by molar-refractivity contribution is 4.90. The van der Waals surface area contributed by atoms with Gasteiger partial charge in [-0.3, -0.25) is 0 Å². The zero-order valence-electron chi connectivity index (χ0n) is 12.2. The third-order valence-corrected chi connectivity index (χ3v) is 4.10. The van der Waals surface area contributed by atoms with E-state index < -0.39 is 11.4 Å². The highest BCUT2D eigenvalue weighted by atomic mass is 17.2. The molecule has 1 saturated heterocycles. The number of aliphatic hydroxyl groups is 1. The van der Waals surface area contributed by atoms with E-state index in [0.717, 1.165) is 12.8 Å². The van der Waals surface area contributed by atoms with Crippen molar-refractivity contribution in [3.8, 4) is 0 Å². The van der Waals surface area contributed by atoms with Crippen LogP contribution in [0.2, 0.25) is 0 Å². The smallest absolute Gasteiger partial charge is 0.204 e. The average Bonchev–Trinajstić information content (AvgIpc) is 2.74. The average molecular weight is 260 g/mol. The minimum atomic E-state index is -0.633. The van der Waals surface area contributed by atoms with Crippen molar-refractivity contribution in [3.63, 3.8) is 0 Å². The molecule has 0 aromatic carbocycles. The first-order valence-electron chi connectivity index (χ1n) is 7.05. The number of hydrogen-bond donors (Lipinski definition) is 1. The molecule has 0 spiro atoms. The van der Waals surface area contributed by atoms with Crippen LogP contribution in [-0.4, -0.2) is 30.2 Å². The van der Waals surface area contributed by atoms with Crippen molar-refractivity contribution in [2.24, 2.45) is 5.92 Å². The summed E-state index contributed by atoms with van der Waals surface area (Å²) in [6.07, 6.45) is 6.25. The fourth-order valence-corrected chi connectivity index (χ4v) is 2.37. The van der Waals surface area contributed by atoms with Gasteiger partial charge >= 0.3 is 0 Å². The molecule has 0 saturated carbocycles. The quantitative estimate of drug-likeness (QED) is 0.538. The van der Waals surface area contributed by atoms with Crippen molar-refractivity contribution in [2.45, 2.75) is 70.7 Å². The Hall–Kier alpha value is -0.160. The molecular formula is C14H28O4. The van der Waals surface area contributed by atoms with Crippen LogP contribution in [0.15, 0.2) is 0 Å². The zero-order chi connectivity index (χ0) is 13.6. The Bertz CT molecular complexity index is 246. The van der Waals surface area contributed by atoms with E-state index in [2.05, 4.69) is 6.92 Å². The van der Waals surface area contributed by atoms with Crippen molar-refractivity contribution >= 4 is 0 Å². The first-order chi connectivity index (χ1) is 8.52. The standard InChI is InChI=1S/C14H28O4/c1-5-6-7-8-9-14(16-4)11-13(3,17-18-14)12(2)10-15/h12,15H,5-11H2,1-4H3/t12-,13-,14?/m0/s1. The van der Waals surface area contributed by atoms with Crippen LogP contribution in [0.25, 0.3) is 0 Å². The number of rotatable bonds is 8. The Morgan fingerprint density at radius 1 is 1.28 bits per heavy atom. The van der Waals surface area contributed by atoms with Gasteiger partial charge in [0.25, 0.3) is 0 Å². The van der Waals surface area contributed by atoms with Crippen molar-refractivity contribution in [1.29, 1.82) is 0 Å². The van der Waals surface area contributed by atoms with Gasteiger partial charge in [-0.1, -0.05) is 33.1 Å². The lowest BCUT2D eigenvalue weighted by atomic mass is 9.84. The maximum atomic E-state index is 9.27. The van der Waals surface area contributed by atoms with E-state index in [9.17, 15) is 5.11 Å². The lowest BCUT2D eigenvalue weighted by molar-refractivity contribution is -0.402. The number of methoxy groups -OCH3 is 1. The number of ether oxygens (including phenoxy) is 1. The first-order valence-corrected chi connectivity index (χ1v) is 7.05. The molecule has 108 valence electrons. The van der Waals surface area contributed by atoms with Gasteiger partial charge in [0.15, 0.2) is 0 Å². The fraction of sp³-hybridized carbons (Fsp3) is 1.00. The van der Waals surface area contributed by atoms with Crippen LogP contribution in [0.3, 0.4) is 0 Å². The van der Waals surface area contributed by atoms with Gasteiger partial charge in [-0.2, -0.15) is 0 Å². The minimum absolute atomic E-state index is 0.0326. The number of aliphatic hydroxyl groups excluding tert-OH is 1. The highest BCUT2D eigenvalue weighted by Crippen LogP contribution is 2.43. The van der Waals surface area contributed by atoms with E-state index in [1.165, 1.54) is 19.3 Å². The van der Waals surface area contributed by atoms with Crippen molar-refractivity contribution in [1.82, 2.24) is 0 Å². The molecule has 1 unspecified atom stereocenters. The molecule has 1 aliphatic heterocycles. The summed E-state index contributed by atoms with van der Waals surface area (Å²) >= 11 is 0. The molecule has 0 aliphatic carbocycles. The molecule has 0 radical (unpaired) electrons. The minimum Gasteiger partial charge on any atom is -0.396 e. The van der Waals surface area contributed by atoms with Crippen LogP contribution in [-0.2, 0) is 14.5 Å². The van der Waals surface area contributed by atoms with Crippen LogP contribution in [0.5, 0.6) is 0 Å². The summed E-state index contributed by atoms with van der Waals surface area (Å²) in [5.74, 6) is -0.600. The molecule has 1 aliphatic rings. The van der Waals surface area contributed by atoms with E-state index in [1.54, 1.807) is 7.11 Å². The van der Waals surface area contributed by atoms with Crippen molar-refractivity contribution in [2.75, 3.05) is 13.7 Å². The predicted molar refractivity (Wildman–Crippen MR) is 69.9 cm³/mol. The second-order valence-electron chi connectivity index (χ2n) is 5.67. The topological polar surface area (TPSA) is 47.9 Å². The van der Waals surface area contributed by atoms with E-state index >= 15 is 0 Å². The van der Waals surface area contributed by atoms with Crippen LogP contribution in [0.4, 0.5) is 0 Å². The zero-order valence-corrected chi connectivity index (χ0v) is 12.2. The molecule has 18 heavy (non-hydrogen) atoms. The molecule has 0 bridgehead atoms. The van der Waals surface area contributed by atoms with Gasteiger partial charge in [-0.25, -0.2) is 9.78 Å². The SMILES string of the molecule is CCCCCCC1(OC)C[C@@](C)([C@@H](C)CO)OO1. The van der Waals surface area contributed by atoms with Gasteiger partial charge in [-0.15, -0.1) is 0 Å². The molecule has 4 heteroatoms. The third kappa shape index (κ3) is 3.67. The molecule has 0 aromatic rings. The Morgan fingerprint density at radius 2 is 2.00 bits per heavy atom. The van der Waals surface area contributed by atoms with E-state index in [-0.39, 0.29) is 12.5 Å². The maximum Gasteiger partial charge on any atom is 0.204 e. The predicted octanol–water partition coefficient (Wildman–Crippen LogP) is 3.04. The maximum absolute atomic E-state index is 9.27. The molecule has 0 aromatic heterocycles. The Labute approximate surface area is 111 Å². The van der Waals surface area contributed by atoms with E-state index in [0.29, 0.717) is 6.42 Å². The highest BCUT2D eigenvalue weighted by Gasteiger charge is 2.51. The Balaban J connectivity index is 2.52. The van der Waals surface area contributed by atoms with Crippen molar-refractivity contribution in [3.05, 3.63) is 0 Å². The van der Waals surface area contributed by atoms with Crippen LogP contribution in [0, 0.1) is 5.92 Å². The molecule has 4 nitrogen and oxygen atoms in total. The molecule has 1 rings (SSSR count). The summed E-state index contributed by atoms with van der Waals surface area (Å²) in [7, 11) is 1.67. The molecular weight excluding hydrogens is 232 g/mol. The molecule has 1 heterocycles. The summed E-state index contributed by atoms with van der Waals surface area (Å²) in [4.78, 5) is 10.9. The normalized spacial score (nSPS) is 33.8. The van der Waals surface area contributed by atoms with E-state index in [4.69, 9.17) is 14.5 Å². The molecule has 0 amide bonds. The van der Waals surface area contributed by atoms with Crippen LogP contribution in [0.1, 0.15) is 59.3 Å². The van der Waals surface area contributed by atoms with Crippen LogP contribution >= 0.6 is 0 Å². The number of hydrogen-bond acceptors (Lipinski definition) is 4. The summed E-state index contributed by atoms with van der Waals surface area (Å²) in [5, 5.41) is 9.27. The lowest BCUT2D eigenvalue weighted by Crippen LogP contribution is -2.38. The Kier molecular flexibility index (Phi) is 6.05. The largest absolute Gasteiger partial charge is 0.396 e. The second-order valence-corrected chi connectivity index (χ2v) is 5.67. The van der Waals surface area contributed by atoms with Gasteiger partial charge in [0.2, 0.25) is 5.79 Å².